The van der Waals surface area contributed by atoms with Crippen LogP contribution in [0.3, 0.4) is 0 Å². The van der Waals surface area contributed by atoms with E-state index in [2.05, 4.69) is 32.3 Å². The molecule has 40 heavy (non-hydrogen) atoms. The zero-order valence-corrected chi connectivity index (χ0v) is 23.2. The minimum Gasteiger partial charge on any atom is -0.461 e. The Bertz CT molecular complexity index is 1400. The standard InChI is InChI=1S/C27H33FN10OS/c28-17-9-27(5-2-8-38(27)11-17)15-39-25-34-23(36-7-1-3-18(12-36)32-16-30)33-24(35-25)37-13-26(14-37)6-4-20-21(26)19(10-29)22(31)40-20/h17-18,32H,1-9,11-15,31H2/t17-,18?,27+/m1/s1. The number of nitrogens with zero attached hydrogens (tertiary/aromatic N) is 8. The van der Waals surface area contributed by atoms with Gasteiger partial charge in [0.1, 0.15) is 23.8 Å². The number of aryl methyl sites for hydroxylation is 1. The third-order valence-corrected chi connectivity index (χ3v) is 10.6. The maximum Gasteiger partial charge on any atom is 0.323 e. The Balaban J connectivity index is 1.16. The molecule has 13 heteroatoms. The van der Waals surface area contributed by atoms with E-state index >= 15 is 0 Å². The number of halogens is 1. The number of aromatic nitrogens is 3. The minimum atomic E-state index is -0.829. The molecule has 1 spiro atoms. The number of hydrogen-bond donors (Lipinski definition) is 2. The molecule has 6 heterocycles. The summed E-state index contributed by atoms with van der Waals surface area (Å²) in [5.41, 5.74) is 7.50. The van der Waals surface area contributed by atoms with Crippen LogP contribution < -0.4 is 25.6 Å². The van der Waals surface area contributed by atoms with Crippen molar-refractivity contribution in [2.24, 2.45) is 0 Å². The molecule has 0 saturated carbocycles. The Hall–Kier alpha value is -3.42. The third-order valence-electron chi connectivity index (χ3n) is 9.55. The maximum atomic E-state index is 14.3. The second kappa shape index (κ2) is 9.60. The molecule has 0 amide bonds. The largest absolute Gasteiger partial charge is 0.461 e. The van der Waals surface area contributed by atoms with E-state index in [9.17, 15) is 9.65 Å². The summed E-state index contributed by atoms with van der Waals surface area (Å²) in [5, 5.41) is 22.4. The number of ether oxygens (including phenoxy) is 1. The summed E-state index contributed by atoms with van der Waals surface area (Å²) in [7, 11) is 0. The van der Waals surface area contributed by atoms with Gasteiger partial charge in [-0.3, -0.25) is 4.90 Å². The van der Waals surface area contributed by atoms with Crippen molar-refractivity contribution in [1.82, 2.24) is 25.2 Å². The highest BCUT2D eigenvalue weighted by Crippen LogP contribution is 2.52. The van der Waals surface area contributed by atoms with E-state index in [1.807, 2.05) is 0 Å². The quantitative estimate of drug-likeness (QED) is 0.393. The summed E-state index contributed by atoms with van der Waals surface area (Å²) < 4.78 is 20.6. The van der Waals surface area contributed by atoms with Crippen molar-refractivity contribution in [2.75, 3.05) is 61.4 Å². The molecule has 3 atom stereocenters. The molecule has 5 aliphatic rings. The zero-order chi connectivity index (χ0) is 27.5. The minimum absolute atomic E-state index is 0.0342. The van der Waals surface area contributed by atoms with Crippen LogP contribution in [-0.4, -0.2) is 83.5 Å². The van der Waals surface area contributed by atoms with E-state index < -0.39 is 6.17 Å². The highest BCUT2D eigenvalue weighted by atomic mass is 32.1. The lowest BCUT2D eigenvalue weighted by molar-refractivity contribution is 0.107. The number of hydrogen-bond acceptors (Lipinski definition) is 12. The fourth-order valence-corrected chi connectivity index (χ4v) is 8.80. The molecule has 11 nitrogen and oxygen atoms in total. The fourth-order valence-electron chi connectivity index (χ4n) is 7.66. The smallest absolute Gasteiger partial charge is 0.323 e. The molecule has 1 aliphatic carbocycles. The molecule has 4 fully saturated rings. The Morgan fingerprint density at radius 3 is 2.73 bits per heavy atom. The molecular formula is C27H33FN10OS. The van der Waals surface area contributed by atoms with Gasteiger partial charge in [0, 0.05) is 49.4 Å². The molecule has 0 bridgehead atoms. The van der Waals surface area contributed by atoms with Crippen LogP contribution in [0.5, 0.6) is 6.01 Å². The zero-order valence-electron chi connectivity index (χ0n) is 22.4. The van der Waals surface area contributed by atoms with E-state index in [0.717, 1.165) is 57.2 Å². The van der Waals surface area contributed by atoms with Gasteiger partial charge in [0.2, 0.25) is 11.9 Å². The number of anilines is 3. The van der Waals surface area contributed by atoms with E-state index in [4.69, 9.17) is 30.7 Å². The molecular weight excluding hydrogens is 531 g/mol. The SMILES string of the molecule is N#CNC1CCCN(c2nc(OC[C@@]34CCCN3C[C@H](F)C4)nc(N3CC4(CCc5sc(N)c(C#N)c54)C3)n2)C1. The highest BCUT2D eigenvalue weighted by molar-refractivity contribution is 7.16. The number of nitrogens with two attached hydrogens (primary N) is 1. The van der Waals surface area contributed by atoms with Gasteiger partial charge in [0.15, 0.2) is 6.19 Å². The number of thiophene rings is 1. The van der Waals surface area contributed by atoms with Crippen LogP contribution >= 0.6 is 11.3 Å². The first kappa shape index (κ1) is 25.5. The van der Waals surface area contributed by atoms with E-state index in [1.165, 1.54) is 16.2 Å². The molecule has 0 radical (unpaired) electrons. The maximum absolute atomic E-state index is 14.3. The third kappa shape index (κ3) is 4.10. The van der Waals surface area contributed by atoms with Crippen molar-refractivity contribution >= 4 is 28.2 Å². The number of alkyl halides is 1. The lowest BCUT2D eigenvalue weighted by Crippen LogP contribution is -2.59. The predicted octanol–water partition coefficient (Wildman–Crippen LogP) is 2.09. The second-order valence-corrected chi connectivity index (χ2v) is 13.1. The van der Waals surface area contributed by atoms with Gasteiger partial charge in [0.25, 0.3) is 0 Å². The van der Waals surface area contributed by atoms with E-state index in [0.29, 0.717) is 61.7 Å². The summed E-state index contributed by atoms with van der Waals surface area (Å²) in [6.07, 6.45) is 7.41. The van der Waals surface area contributed by atoms with Crippen molar-refractivity contribution < 1.29 is 9.13 Å². The van der Waals surface area contributed by atoms with Crippen molar-refractivity contribution in [3.63, 3.8) is 0 Å². The van der Waals surface area contributed by atoms with Gasteiger partial charge < -0.3 is 25.6 Å². The van der Waals surface area contributed by atoms with Crippen molar-refractivity contribution in [2.45, 2.75) is 68.1 Å². The predicted molar refractivity (Wildman–Crippen MR) is 148 cm³/mol. The summed E-state index contributed by atoms with van der Waals surface area (Å²) >= 11 is 1.54. The van der Waals surface area contributed by atoms with Crippen LogP contribution in [0.2, 0.25) is 0 Å². The lowest BCUT2D eigenvalue weighted by Gasteiger charge is -2.48. The Kier molecular flexibility index (Phi) is 6.13. The normalized spacial score (nSPS) is 28.6. The number of rotatable bonds is 6. The molecule has 2 aromatic rings. The van der Waals surface area contributed by atoms with Crippen LogP contribution in [0.1, 0.15) is 54.5 Å². The first-order valence-corrected chi connectivity index (χ1v) is 15.0. The molecule has 210 valence electrons. The van der Waals surface area contributed by atoms with Gasteiger partial charge in [0.05, 0.1) is 17.1 Å². The summed E-state index contributed by atoms with van der Waals surface area (Å²) in [6.45, 7) is 4.51. The van der Waals surface area contributed by atoms with Gasteiger partial charge in [-0.05, 0) is 50.6 Å². The fraction of sp³-hybridized carbons (Fsp3) is 0.667. The number of nitrogens with one attached hydrogen (secondary N) is 1. The molecule has 3 N–H and O–H groups in total. The van der Waals surface area contributed by atoms with Crippen LogP contribution in [0, 0.1) is 22.8 Å². The monoisotopic (exact) mass is 564 g/mol. The van der Waals surface area contributed by atoms with Crippen molar-refractivity contribution in [3.05, 3.63) is 16.0 Å². The van der Waals surface area contributed by atoms with Crippen LogP contribution in [-0.2, 0) is 11.8 Å². The van der Waals surface area contributed by atoms with Crippen LogP contribution in [0.15, 0.2) is 0 Å². The topological polar surface area (TPSA) is 143 Å². The van der Waals surface area contributed by atoms with Gasteiger partial charge in [-0.1, -0.05) is 0 Å². The average molecular weight is 565 g/mol. The van der Waals surface area contributed by atoms with Gasteiger partial charge in [-0.2, -0.15) is 25.5 Å². The van der Waals surface area contributed by atoms with Gasteiger partial charge in [-0.15, -0.1) is 11.3 Å². The number of piperidine rings is 1. The number of fused-ring (bicyclic) bond motifs is 3. The summed E-state index contributed by atoms with van der Waals surface area (Å²) in [5.74, 6) is 1.08. The molecule has 7 rings (SSSR count). The summed E-state index contributed by atoms with van der Waals surface area (Å²) in [4.78, 5) is 22.0. The van der Waals surface area contributed by atoms with Gasteiger partial charge in [-0.25, -0.2) is 4.39 Å². The molecule has 1 unspecified atom stereocenters. The highest BCUT2D eigenvalue weighted by Gasteiger charge is 2.52. The molecule has 0 aromatic carbocycles. The first-order chi connectivity index (χ1) is 19.4. The first-order valence-electron chi connectivity index (χ1n) is 14.2. The Labute approximate surface area is 236 Å². The second-order valence-electron chi connectivity index (χ2n) is 12.0. The van der Waals surface area contributed by atoms with Crippen LogP contribution in [0.4, 0.5) is 21.3 Å². The van der Waals surface area contributed by atoms with Gasteiger partial charge >= 0.3 is 6.01 Å². The Morgan fingerprint density at radius 2 is 1.93 bits per heavy atom. The number of nitriles is 2. The van der Waals surface area contributed by atoms with Crippen molar-refractivity contribution in [3.8, 4) is 18.3 Å². The lowest BCUT2D eigenvalue weighted by atomic mass is 9.74. The molecule has 4 aliphatic heterocycles. The Morgan fingerprint density at radius 1 is 1.10 bits per heavy atom. The van der Waals surface area contributed by atoms with Crippen molar-refractivity contribution in [1.29, 1.82) is 10.5 Å². The van der Waals surface area contributed by atoms with E-state index in [1.54, 1.807) is 0 Å². The summed E-state index contributed by atoms with van der Waals surface area (Å²) in [6, 6.07) is 2.62. The molecule has 4 saturated heterocycles. The number of nitrogen functional groups attached to an aromatic ring is 1. The van der Waals surface area contributed by atoms with Crippen LogP contribution in [0.25, 0.3) is 0 Å². The average Bonchev–Trinajstić information content (AvgIpc) is 3.65. The van der Waals surface area contributed by atoms with E-state index in [-0.39, 0.29) is 23.0 Å². The molecule has 2 aromatic heterocycles.